The molecule has 0 bridgehead atoms. The van der Waals surface area contributed by atoms with Gasteiger partial charge in [-0.2, -0.15) is 0 Å². The van der Waals surface area contributed by atoms with Crippen LogP contribution >= 0.6 is 0 Å². The predicted octanol–water partition coefficient (Wildman–Crippen LogP) is 2.91. The molecule has 0 radical (unpaired) electrons. The van der Waals surface area contributed by atoms with E-state index in [1.165, 1.54) is 41.7 Å². The molecule has 1 fully saturated rings. The van der Waals surface area contributed by atoms with Crippen LogP contribution in [0.5, 0.6) is 0 Å². The van der Waals surface area contributed by atoms with E-state index in [0.717, 1.165) is 24.2 Å². The molecular formula is C39H65N5O9. The number of nitrogens with one attached hydrogen (secondary N) is 1. The largest absolute Gasteiger partial charge is 0.460 e. The van der Waals surface area contributed by atoms with E-state index in [1.54, 1.807) is 33.9 Å². The highest BCUT2D eigenvalue weighted by molar-refractivity contribution is 6.06. The molecule has 0 aromatic carbocycles. The van der Waals surface area contributed by atoms with Gasteiger partial charge in [-0.1, -0.05) is 73.8 Å². The predicted molar refractivity (Wildman–Crippen MR) is 200 cm³/mol. The number of carbonyl (C=O) groups is 7. The van der Waals surface area contributed by atoms with Gasteiger partial charge in [-0.25, -0.2) is 0 Å². The fourth-order valence-electron chi connectivity index (χ4n) is 7.50. The minimum absolute atomic E-state index is 0.00605. The van der Waals surface area contributed by atoms with Gasteiger partial charge in [0.25, 0.3) is 11.8 Å². The van der Waals surface area contributed by atoms with E-state index in [-0.39, 0.29) is 30.7 Å². The van der Waals surface area contributed by atoms with Gasteiger partial charge in [0, 0.05) is 46.0 Å². The van der Waals surface area contributed by atoms with Gasteiger partial charge in [0.05, 0.1) is 12.1 Å². The molecule has 2 rings (SSSR count). The third-order valence-corrected chi connectivity index (χ3v) is 10.3. The molecule has 2 N–H and O–H groups in total. The molecule has 6 amide bonds. The van der Waals surface area contributed by atoms with Crippen LogP contribution in [-0.2, 0) is 38.3 Å². The summed E-state index contributed by atoms with van der Waals surface area (Å²) < 4.78 is 5.41. The summed E-state index contributed by atoms with van der Waals surface area (Å²) in [4.78, 5) is 99.5. The maximum Gasteiger partial charge on any atom is 0.302 e. The van der Waals surface area contributed by atoms with E-state index in [0.29, 0.717) is 18.8 Å². The molecule has 0 spiro atoms. The molecule has 3 unspecified atom stereocenters. The molecule has 0 aliphatic carbocycles. The molecule has 0 aromatic rings. The first-order valence-electron chi connectivity index (χ1n) is 19.2. The van der Waals surface area contributed by atoms with E-state index < -0.39 is 83.8 Å². The second-order valence-corrected chi connectivity index (χ2v) is 16.0. The molecule has 14 heteroatoms. The van der Waals surface area contributed by atoms with Crippen LogP contribution in [0.1, 0.15) is 108 Å². The van der Waals surface area contributed by atoms with Crippen molar-refractivity contribution in [2.45, 2.75) is 150 Å². The normalized spacial score (nSPS) is 21.9. The van der Waals surface area contributed by atoms with Crippen molar-refractivity contribution in [1.82, 2.24) is 24.9 Å². The maximum atomic E-state index is 14.4. The van der Waals surface area contributed by atoms with Crippen molar-refractivity contribution in [2.75, 3.05) is 20.6 Å². The number of likely N-dealkylation sites (tertiary alicyclic amines) is 1. The molecule has 300 valence electrons. The number of unbranched alkanes of at least 4 members (excludes halogenated alkanes) is 1. The fourth-order valence-corrected chi connectivity index (χ4v) is 7.50. The Balaban J connectivity index is 2.41. The number of esters is 1. The van der Waals surface area contributed by atoms with Crippen LogP contribution in [-0.4, -0.2) is 129 Å². The number of imide groups is 1. The Morgan fingerprint density at radius 1 is 0.981 bits per heavy atom. The number of rotatable bonds is 18. The number of likely N-dealkylation sites (N-methyl/N-ethyl adjacent to an activating group) is 2. The summed E-state index contributed by atoms with van der Waals surface area (Å²) in [5, 5.41) is 13.4. The van der Waals surface area contributed by atoms with Crippen LogP contribution in [0, 0.1) is 23.7 Å². The number of amides is 6. The second-order valence-electron chi connectivity index (χ2n) is 16.0. The smallest absolute Gasteiger partial charge is 0.302 e. The Morgan fingerprint density at radius 3 is 2.11 bits per heavy atom. The van der Waals surface area contributed by atoms with Gasteiger partial charge in [0.1, 0.15) is 30.3 Å². The zero-order valence-corrected chi connectivity index (χ0v) is 34.0. The summed E-state index contributed by atoms with van der Waals surface area (Å²) in [6, 6.07) is -5.19. The van der Waals surface area contributed by atoms with E-state index in [9.17, 15) is 38.7 Å². The number of ether oxygens (including phenoxy) is 1. The lowest BCUT2D eigenvalue weighted by molar-refractivity contribution is -0.157. The van der Waals surface area contributed by atoms with Gasteiger partial charge < -0.3 is 29.9 Å². The van der Waals surface area contributed by atoms with Gasteiger partial charge >= 0.3 is 5.97 Å². The zero-order valence-electron chi connectivity index (χ0n) is 34.0. The monoisotopic (exact) mass is 747 g/mol. The van der Waals surface area contributed by atoms with Gasteiger partial charge in [0.15, 0.2) is 0 Å². The summed E-state index contributed by atoms with van der Waals surface area (Å²) in [5.41, 5.74) is 0. The standard InChI is InChI=1S/C39H65N5O9/c1-13-14-15-24(6)19-25(7)36(49)41(11)30(18-22(2)3)35(48)40-33(27(9)53-28(10)45)38(51)42(12)34(23(4)5)39(52)43-21-29(46)20-31(43)37(50)44-26(8)16-17-32(44)47/h16-17,22-27,29-31,33-34,46H,13-15,18-21H2,1-12H3,(H,40,48)/t24?,25?,26?,27-,29+,30+,31+,33+,34+/m1/s1. The molecule has 9 atom stereocenters. The first-order valence-corrected chi connectivity index (χ1v) is 19.2. The highest BCUT2D eigenvalue weighted by Crippen LogP contribution is 2.27. The topological polar surface area (TPSA) is 174 Å². The molecule has 53 heavy (non-hydrogen) atoms. The van der Waals surface area contributed by atoms with E-state index in [4.69, 9.17) is 4.74 Å². The number of nitrogens with zero attached hydrogens (tertiary/aromatic N) is 4. The average Bonchev–Trinajstić information content (AvgIpc) is 3.63. The van der Waals surface area contributed by atoms with Crippen molar-refractivity contribution in [2.24, 2.45) is 23.7 Å². The third-order valence-electron chi connectivity index (χ3n) is 10.3. The molecule has 14 nitrogen and oxygen atoms in total. The Labute approximate surface area is 316 Å². The highest BCUT2D eigenvalue weighted by Gasteiger charge is 2.48. The van der Waals surface area contributed by atoms with Gasteiger partial charge in [0.2, 0.25) is 23.6 Å². The summed E-state index contributed by atoms with van der Waals surface area (Å²) in [6.45, 7) is 17.5. The summed E-state index contributed by atoms with van der Waals surface area (Å²) >= 11 is 0. The van der Waals surface area contributed by atoms with E-state index in [2.05, 4.69) is 19.2 Å². The lowest BCUT2D eigenvalue weighted by Crippen LogP contribution is -2.62. The lowest BCUT2D eigenvalue weighted by Gasteiger charge is -2.38. The number of aliphatic hydroxyl groups is 1. The van der Waals surface area contributed by atoms with Crippen molar-refractivity contribution in [3.63, 3.8) is 0 Å². The van der Waals surface area contributed by atoms with Crippen LogP contribution in [0.3, 0.4) is 0 Å². The number of hydrogen-bond acceptors (Lipinski definition) is 9. The number of hydrogen-bond donors (Lipinski definition) is 2. The lowest BCUT2D eigenvalue weighted by atomic mass is 9.91. The minimum atomic E-state index is -1.44. The quantitative estimate of drug-likeness (QED) is 0.158. The van der Waals surface area contributed by atoms with Crippen molar-refractivity contribution >= 4 is 41.4 Å². The molecule has 2 aliphatic heterocycles. The Bertz CT molecular complexity index is 1370. The second kappa shape index (κ2) is 20.0. The van der Waals surface area contributed by atoms with Crippen molar-refractivity contribution in [3.05, 3.63) is 12.2 Å². The summed E-state index contributed by atoms with van der Waals surface area (Å²) in [5.74, 6) is -4.47. The van der Waals surface area contributed by atoms with Gasteiger partial charge in [-0.15, -0.1) is 0 Å². The first-order chi connectivity index (χ1) is 24.6. The summed E-state index contributed by atoms with van der Waals surface area (Å²) in [6.07, 6.45) is 4.71. The Morgan fingerprint density at radius 2 is 1.60 bits per heavy atom. The van der Waals surface area contributed by atoms with E-state index >= 15 is 0 Å². The SMILES string of the molecule is CCCCC(C)CC(C)C(=O)N(C)[C@@H](CC(C)C)C(=O)N[C@H](C(=O)N(C)[C@H](C(=O)N1C[C@@H](O)C[C@H]1C(=O)N1C(=O)C=CC1C)C(C)C)[C@@H](C)OC(C)=O. The van der Waals surface area contributed by atoms with Crippen LogP contribution in [0.2, 0.25) is 0 Å². The maximum absolute atomic E-state index is 14.4. The van der Waals surface area contributed by atoms with Crippen molar-refractivity contribution in [1.29, 1.82) is 0 Å². The van der Waals surface area contributed by atoms with Crippen molar-refractivity contribution in [3.8, 4) is 0 Å². The molecule has 1 saturated heterocycles. The number of aliphatic hydroxyl groups excluding tert-OH is 1. The zero-order chi connectivity index (χ0) is 40.5. The van der Waals surface area contributed by atoms with Gasteiger partial charge in [-0.3, -0.25) is 38.5 Å². The third kappa shape index (κ3) is 11.8. The molecular weight excluding hydrogens is 682 g/mol. The molecule has 2 aliphatic rings. The summed E-state index contributed by atoms with van der Waals surface area (Å²) in [7, 11) is 2.98. The molecule has 0 saturated carbocycles. The first kappa shape index (κ1) is 45.3. The highest BCUT2D eigenvalue weighted by atomic mass is 16.5. The Kier molecular flexibility index (Phi) is 17.1. The Hall–Kier alpha value is -3.81. The van der Waals surface area contributed by atoms with Crippen molar-refractivity contribution < 1.29 is 43.4 Å². The van der Waals surface area contributed by atoms with Crippen LogP contribution in [0.15, 0.2) is 12.2 Å². The van der Waals surface area contributed by atoms with Crippen LogP contribution in [0.4, 0.5) is 0 Å². The number of carbonyl (C=O) groups excluding carboxylic acids is 7. The molecule has 2 heterocycles. The van der Waals surface area contributed by atoms with Gasteiger partial charge in [-0.05, 0) is 44.4 Å². The van der Waals surface area contributed by atoms with Crippen LogP contribution < -0.4 is 5.32 Å². The average molecular weight is 748 g/mol. The van der Waals surface area contributed by atoms with E-state index in [1.807, 2.05) is 20.8 Å². The minimum Gasteiger partial charge on any atom is -0.460 e. The van der Waals surface area contributed by atoms with Crippen LogP contribution in [0.25, 0.3) is 0 Å². The molecule has 0 aromatic heterocycles. The fraction of sp³-hybridized carbons (Fsp3) is 0.769. The number of β-amino-alcohol motifs (C(OH)–C–C–N with tert-alkyl or cyclic N) is 1.